The number of hydrogen-bond donors (Lipinski definition) is 1. The van der Waals surface area contributed by atoms with Gasteiger partial charge in [-0.2, -0.15) is 0 Å². The fourth-order valence-electron chi connectivity index (χ4n) is 2.81. The SMILES string of the molecule is CC(C)n1cc(C2(O)CCCN(c3ncc(Cl)cc3F)C2)nn1. The molecule has 0 aromatic carbocycles. The minimum Gasteiger partial charge on any atom is -0.382 e. The molecule has 0 bridgehead atoms. The van der Waals surface area contributed by atoms with Gasteiger partial charge in [0.2, 0.25) is 0 Å². The van der Waals surface area contributed by atoms with E-state index in [9.17, 15) is 9.50 Å². The number of piperidine rings is 1. The van der Waals surface area contributed by atoms with Crippen LogP contribution < -0.4 is 4.90 Å². The summed E-state index contributed by atoms with van der Waals surface area (Å²) in [6.07, 6.45) is 4.41. The maximum absolute atomic E-state index is 14.1. The van der Waals surface area contributed by atoms with Crippen LogP contribution in [0.4, 0.5) is 10.2 Å². The molecular weight excluding hydrogens is 321 g/mol. The quantitative estimate of drug-likeness (QED) is 0.930. The highest BCUT2D eigenvalue weighted by Crippen LogP contribution is 2.33. The number of pyridine rings is 1. The average Bonchev–Trinajstić information content (AvgIpc) is 2.98. The summed E-state index contributed by atoms with van der Waals surface area (Å²) >= 11 is 5.75. The predicted octanol–water partition coefficient (Wildman–Crippen LogP) is 2.53. The number of anilines is 1. The molecule has 1 saturated heterocycles. The fraction of sp³-hybridized carbons (Fsp3) is 0.533. The highest BCUT2D eigenvalue weighted by atomic mass is 35.5. The van der Waals surface area contributed by atoms with Crippen LogP contribution in [0.15, 0.2) is 18.5 Å². The van der Waals surface area contributed by atoms with Crippen molar-refractivity contribution in [2.75, 3.05) is 18.0 Å². The predicted molar refractivity (Wildman–Crippen MR) is 85.0 cm³/mol. The minimum atomic E-state index is -1.17. The molecule has 1 fully saturated rings. The normalized spacial score (nSPS) is 21.9. The van der Waals surface area contributed by atoms with Gasteiger partial charge < -0.3 is 10.0 Å². The first-order valence-corrected chi connectivity index (χ1v) is 7.97. The highest BCUT2D eigenvalue weighted by molar-refractivity contribution is 6.30. The van der Waals surface area contributed by atoms with Crippen LogP contribution in [0, 0.1) is 5.82 Å². The second kappa shape index (κ2) is 6.05. The summed E-state index contributed by atoms with van der Waals surface area (Å²) in [5, 5.41) is 19.4. The van der Waals surface area contributed by atoms with Crippen LogP contribution in [0.25, 0.3) is 0 Å². The van der Waals surface area contributed by atoms with Gasteiger partial charge in [-0.05, 0) is 32.8 Å². The molecule has 3 rings (SSSR count). The van der Waals surface area contributed by atoms with Crippen molar-refractivity contribution in [2.45, 2.75) is 38.3 Å². The van der Waals surface area contributed by atoms with E-state index in [2.05, 4.69) is 15.3 Å². The lowest BCUT2D eigenvalue weighted by atomic mass is 9.90. The van der Waals surface area contributed by atoms with E-state index < -0.39 is 11.4 Å². The molecule has 1 atom stereocenters. The van der Waals surface area contributed by atoms with E-state index in [0.717, 1.165) is 0 Å². The number of rotatable bonds is 3. The number of hydrogen-bond acceptors (Lipinski definition) is 5. The Morgan fingerprint density at radius 2 is 2.22 bits per heavy atom. The lowest BCUT2D eigenvalue weighted by molar-refractivity contribution is 0.0172. The van der Waals surface area contributed by atoms with Gasteiger partial charge in [-0.1, -0.05) is 16.8 Å². The first-order valence-electron chi connectivity index (χ1n) is 7.60. The van der Waals surface area contributed by atoms with Gasteiger partial charge in [0.05, 0.1) is 17.8 Å². The van der Waals surface area contributed by atoms with Gasteiger partial charge in [-0.25, -0.2) is 14.1 Å². The molecule has 6 nitrogen and oxygen atoms in total. The largest absolute Gasteiger partial charge is 0.382 e. The zero-order chi connectivity index (χ0) is 16.6. The Bertz CT molecular complexity index is 707. The first-order chi connectivity index (χ1) is 10.9. The van der Waals surface area contributed by atoms with Crippen molar-refractivity contribution in [3.8, 4) is 0 Å². The molecule has 0 saturated carbocycles. The van der Waals surface area contributed by atoms with E-state index in [1.165, 1.54) is 12.3 Å². The van der Waals surface area contributed by atoms with E-state index >= 15 is 0 Å². The molecule has 124 valence electrons. The van der Waals surface area contributed by atoms with Crippen LogP contribution in [-0.4, -0.2) is 38.2 Å². The van der Waals surface area contributed by atoms with Crippen LogP contribution in [0.3, 0.4) is 0 Å². The molecule has 3 heterocycles. The standard InChI is InChI=1S/C15H19ClFN5O/c1-10(2)22-8-13(19-20-22)15(23)4-3-5-21(9-15)14-12(17)6-11(16)7-18-14/h6-8,10,23H,3-5,9H2,1-2H3. The lowest BCUT2D eigenvalue weighted by Crippen LogP contribution is -2.47. The third-order valence-corrected chi connectivity index (χ3v) is 4.28. The maximum Gasteiger partial charge on any atom is 0.167 e. The Balaban J connectivity index is 1.86. The van der Waals surface area contributed by atoms with Crippen molar-refractivity contribution < 1.29 is 9.50 Å². The summed E-state index contributed by atoms with van der Waals surface area (Å²) in [4.78, 5) is 5.79. The number of halogens is 2. The molecule has 0 amide bonds. The number of aromatic nitrogens is 4. The van der Waals surface area contributed by atoms with Crippen molar-refractivity contribution in [3.63, 3.8) is 0 Å². The zero-order valence-corrected chi connectivity index (χ0v) is 13.8. The molecule has 0 aliphatic carbocycles. The molecule has 2 aromatic heterocycles. The zero-order valence-electron chi connectivity index (χ0n) is 13.1. The lowest BCUT2D eigenvalue weighted by Gasteiger charge is -2.38. The Morgan fingerprint density at radius 3 is 2.87 bits per heavy atom. The summed E-state index contributed by atoms with van der Waals surface area (Å²) in [5.41, 5.74) is -0.663. The van der Waals surface area contributed by atoms with Crippen LogP contribution in [0.1, 0.15) is 38.4 Å². The smallest absolute Gasteiger partial charge is 0.167 e. The van der Waals surface area contributed by atoms with Gasteiger partial charge in [0.15, 0.2) is 11.6 Å². The maximum atomic E-state index is 14.1. The van der Waals surface area contributed by atoms with E-state index in [1.807, 2.05) is 13.8 Å². The van der Waals surface area contributed by atoms with Crippen LogP contribution in [0.5, 0.6) is 0 Å². The van der Waals surface area contributed by atoms with Crippen molar-refractivity contribution >= 4 is 17.4 Å². The molecule has 1 aliphatic rings. The van der Waals surface area contributed by atoms with Gasteiger partial charge >= 0.3 is 0 Å². The van der Waals surface area contributed by atoms with E-state index in [0.29, 0.717) is 25.1 Å². The van der Waals surface area contributed by atoms with Crippen LogP contribution >= 0.6 is 11.6 Å². The molecule has 8 heteroatoms. The summed E-state index contributed by atoms with van der Waals surface area (Å²) in [6, 6.07) is 1.39. The Labute approximate surface area is 138 Å². The molecule has 2 aromatic rings. The molecule has 0 radical (unpaired) electrons. The minimum absolute atomic E-state index is 0.162. The second-order valence-corrected chi connectivity index (χ2v) is 6.63. The van der Waals surface area contributed by atoms with Crippen LogP contribution in [0.2, 0.25) is 5.02 Å². The van der Waals surface area contributed by atoms with Gasteiger partial charge in [0.1, 0.15) is 11.3 Å². The summed E-state index contributed by atoms with van der Waals surface area (Å²) in [5.74, 6) is -0.295. The van der Waals surface area contributed by atoms with Crippen LogP contribution in [-0.2, 0) is 5.60 Å². The summed E-state index contributed by atoms with van der Waals surface area (Å²) in [6.45, 7) is 4.81. The van der Waals surface area contributed by atoms with Gasteiger partial charge in [0, 0.05) is 18.8 Å². The Kier molecular flexibility index (Phi) is 4.25. The average molecular weight is 340 g/mol. The van der Waals surface area contributed by atoms with E-state index in [-0.39, 0.29) is 23.4 Å². The van der Waals surface area contributed by atoms with Gasteiger partial charge in [0.25, 0.3) is 0 Å². The third kappa shape index (κ3) is 3.16. The van der Waals surface area contributed by atoms with E-state index in [1.54, 1.807) is 15.8 Å². The van der Waals surface area contributed by atoms with Crippen molar-refractivity contribution in [1.29, 1.82) is 0 Å². The number of β-amino-alcohol motifs (C(OH)–C–C–N with tert-alkyl or cyclic N) is 1. The first kappa shape index (κ1) is 16.1. The summed E-state index contributed by atoms with van der Waals surface area (Å²) in [7, 11) is 0. The van der Waals surface area contributed by atoms with Gasteiger partial charge in [-0.15, -0.1) is 5.10 Å². The topological polar surface area (TPSA) is 67.1 Å². The number of aliphatic hydroxyl groups is 1. The molecular formula is C15H19ClFN5O. The molecule has 1 aliphatic heterocycles. The van der Waals surface area contributed by atoms with Crippen molar-refractivity contribution in [2.24, 2.45) is 0 Å². The molecule has 1 unspecified atom stereocenters. The highest BCUT2D eigenvalue weighted by Gasteiger charge is 2.38. The fourth-order valence-corrected chi connectivity index (χ4v) is 2.95. The Hall–Kier alpha value is -1.73. The van der Waals surface area contributed by atoms with Crippen molar-refractivity contribution in [3.05, 3.63) is 35.0 Å². The van der Waals surface area contributed by atoms with Gasteiger partial charge in [-0.3, -0.25) is 0 Å². The molecule has 23 heavy (non-hydrogen) atoms. The second-order valence-electron chi connectivity index (χ2n) is 6.19. The summed E-state index contributed by atoms with van der Waals surface area (Å²) < 4.78 is 15.8. The van der Waals surface area contributed by atoms with Crippen molar-refractivity contribution in [1.82, 2.24) is 20.0 Å². The Morgan fingerprint density at radius 1 is 1.43 bits per heavy atom. The third-order valence-electron chi connectivity index (χ3n) is 4.07. The molecule has 0 spiro atoms. The number of nitrogens with zero attached hydrogens (tertiary/aromatic N) is 5. The monoisotopic (exact) mass is 339 g/mol. The molecule has 1 N–H and O–H groups in total. The van der Waals surface area contributed by atoms with E-state index in [4.69, 9.17) is 11.6 Å².